The SMILES string of the molecule is C[C@H](NC(=O)C(C)(C)c1ccc(NC(=O)OCC2c3ccccc3-c3ccccc32)cc1)C(=O)O. The molecule has 1 aliphatic rings. The average Bonchev–Trinajstić information content (AvgIpc) is 3.16. The Balaban J connectivity index is 1.38. The summed E-state index contributed by atoms with van der Waals surface area (Å²) in [6, 6.07) is 22.1. The molecule has 2 amide bonds. The molecule has 0 saturated carbocycles. The zero-order chi connectivity index (χ0) is 25.2. The monoisotopic (exact) mass is 472 g/mol. The topological polar surface area (TPSA) is 105 Å². The van der Waals surface area contributed by atoms with Crippen molar-refractivity contribution in [1.29, 1.82) is 0 Å². The van der Waals surface area contributed by atoms with Crippen LogP contribution in [0.2, 0.25) is 0 Å². The number of amides is 2. The van der Waals surface area contributed by atoms with Crippen molar-refractivity contribution in [3.05, 3.63) is 89.5 Å². The van der Waals surface area contributed by atoms with Crippen LogP contribution >= 0.6 is 0 Å². The summed E-state index contributed by atoms with van der Waals surface area (Å²) >= 11 is 0. The molecule has 0 unspecified atom stereocenters. The van der Waals surface area contributed by atoms with Gasteiger partial charge in [-0.2, -0.15) is 0 Å². The van der Waals surface area contributed by atoms with Crippen LogP contribution in [0.25, 0.3) is 11.1 Å². The van der Waals surface area contributed by atoms with E-state index in [0.717, 1.165) is 22.3 Å². The first-order chi connectivity index (χ1) is 16.7. The van der Waals surface area contributed by atoms with E-state index in [1.54, 1.807) is 38.1 Å². The molecule has 7 heteroatoms. The molecule has 180 valence electrons. The standard InChI is InChI=1S/C28H28N2O5/c1-17(25(31)32)29-26(33)28(2,3)18-12-14-19(15-13-18)30-27(34)35-16-24-22-10-6-4-8-20(22)21-9-5-7-11-23(21)24/h4-15,17,24H,16H2,1-3H3,(H,29,33)(H,30,34)(H,31,32)/t17-/m0/s1. The van der Waals surface area contributed by atoms with E-state index < -0.39 is 29.4 Å². The van der Waals surface area contributed by atoms with Crippen LogP contribution in [0.4, 0.5) is 10.5 Å². The van der Waals surface area contributed by atoms with Crippen LogP contribution in [0.3, 0.4) is 0 Å². The van der Waals surface area contributed by atoms with E-state index in [-0.39, 0.29) is 12.5 Å². The summed E-state index contributed by atoms with van der Waals surface area (Å²) in [5.41, 5.74) is 4.87. The molecule has 0 aromatic heterocycles. The minimum atomic E-state index is -1.10. The van der Waals surface area contributed by atoms with Crippen molar-refractivity contribution in [2.45, 2.75) is 38.1 Å². The summed E-state index contributed by atoms with van der Waals surface area (Å²) in [5.74, 6) is -1.52. The third-order valence-corrected chi connectivity index (χ3v) is 6.48. The van der Waals surface area contributed by atoms with E-state index in [1.807, 2.05) is 24.3 Å². The number of carbonyl (C=O) groups is 3. The molecule has 1 aliphatic carbocycles. The van der Waals surface area contributed by atoms with E-state index in [0.29, 0.717) is 11.3 Å². The van der Waals surface area contributed by atoms with E-state index >= 15 is 0 Å². The van der Waals surface area contributed by atoms with Crippen molar-refractivity contribution < 1.29 is 24.2 Å². The fourth-order valence-corrected chi connectivity index (χ4v) is 4.29. The highest BCUT2D eigenvalue weighted by Gasteiger charge is 2.32. The van der Waals surface area contributed by atoms with Gasteiger partial charge in [0.05, 0.1) is 5.41 Å². The van der Waals surface area contributed by atoms with Gasteiger partial charge in [0.25, 0.3) is 0 Å². The molecule has 7 nitrogen and oxygen atoms in total. The third-order valence-electron chi connectivity index (χ3n) is 6.48. The molecule has 0 radical (unpaired) electrons. The molecule has 3 N–H and O–H groups in total. The van der Waals surface area contributed by atoms with Crippen LogP contribution < -0.4 is 10.6 Å². The Labute approximate surface area is 204 Å². The summed E-state index contributed by atoms with van der Waals surface area (Å²) in [5, 5.41) is 14.3. The van der Waals surface area contributed by atoms with Gasteiger partial charge < -0.3 is 15.2 Å². The molecular formula is C28H28N2O5. The number of hydrogen-bond donors (Lipinski definition) is 3. The average molecular weight is 473 g/mol. The van der Waals surface area contributed by atoms with Crippen molar-refractivity contribution in [2.24, 2.45) is 0 Å². The lowest BCUT2D eigenvalue weighted by Gasteiger charge is -2.25. The molecule has 0 fully saturated rings. The Bertz CT molecular complexity index is 1220. The summed E-state index contributed by atoms with van der Waals surface area (Å²) in [4.78, 5) is 36.1. The highest BCUT2D eigenvalue weighted by atomic mass is 16.5. The van der Waals surface area contributed by atoms with Crippen LogP contribution in [-0.4, -0.2) is 35.7 Å². The summed E-state index contributed by atoms with van der Waals surface area (Å²) in [7, 11) is 0. The van der Waals surface area contributed by atoms with E-state index in [1.165, 1.54) is 6.92 Å². The van der Waals surface area contributed by atoms with Crippen molar-refractivity contribution in [3.8, 4) is 11.1 Å². The molecule has 0 spiro atoms. The Hall–Kier alpha value is -4.13. The van der Waals surface area contributed by atoms with Crippen molar-refractivity contribution >= 4 is 23.7 Å². The van der Waals surface area contributed by atoms with Crippen molar-refractivity contribution in [3.63, 3.8) is 0 Å². The first kappa shape index (κ1) is 24.0. The first-order valence-corrected chi connectivity index (χ1v) is 11.4. The molecule has 3 aromatic carbocycles. The molecule has 1 atom stereocenters. The van der Waals surface area contributed by atoms with Gasteiger partial charge in [0.15, 0.2) is 0 Å². The number of nitrogens with one attached hydrogen (secondary N) is 2. The van der Waals surface area contributed by atoms with Crippen LogP contribution in [0.1, 0.15) is 43.4 Å². The van der Waals surface area contributed by atoms with E-state index in [2.05, 4.69) is 34.9 Å². The molecular weight excluding hydrogens is 444 g/mol. The fraction of sp³-hybridized carbons (Fsp3) is 0.250. The predicted molar refractivity (Wildman–Crippen MR) is 133 cm³/mol. The Morgan fingerprint density at radius 3 is 2.00 bits per heavy atom. The number of carbonyl (C=O) groups excluding carboxylic acids is 2. The lowest BCUT2D eigenvalue weighted by atomic mass is 9.83. The Morgan fingerprint density at radius 1 is 0.914 bits per heavy atom. The van der Waals surface area contributed by atoms with Gasteiger partial charge in [0, 0.05) is 11.6 Å². The smallest absolute Gasteiger partial charge is 0.411 e. The number of aliphatic carboxylic acids is 1. The van der Waals surface area contributed by atoms with Gasteiger partial charge in [0.2, 0.25) is 5.91 Å². The van der Waals surface area contributed by atoms with Crippen LogP contribution in [-0.2, 0) is 19.7 Å². The minimum absolute atomic E-state index is 0.0250. The van der Waals surface area contributed by atoms with Gasteiger partial charge in [-0.25, -0.2) is 4.79 Å². The Morgan fingerprint density at radius 2 is 1.46 bits per heavy atom. The van der Waals surface area contributed by atoms with Gasteiger partial charge in [-0.15, -0.1) is 0 Å². The van der Waals surface area contributed by atoms with Crippen LogP contribution in [0.5, 0.6) is 0 Å². The number of anilines is 1. The van der Waals surface area contributed by atoms with Crippen molar-refractivity contribution in [2.75, 3.05) is 11.9 Å². The molecule has 0 saturated heterocycles. The summed E-state index contributed by atoms with van der Waals surface area (Å²) in [6.07, 6.45) is -0.563. The fourth-order valence-electron chi connectivity index (χ4n) is 4.29. The highest BCUT2D eigenvalue weighted by molar-refractivity contribution is 5.91. The minimum Gasteiger partial charge on any atom is -0.480 e. The maximum absolute atomic E-state index is 12.6. The summed E-state index contributed by atoms with van der Waals surface area (Å²) in [6.45, 7) is 5.06. The van der Waals surface area contributed by atoms with Gasteiger partial charge in [-0.1, -0.05) is 60.7 Å². The van der Waals surface area contributed by atoms with Gasteiger partial charge in [-0.3, -0.25) is 14.9 Å². The maximum Gasteiger partial charge on any atom is 0.411 e. The number of hydrogen-bond acceptors (Lipinski definition) is 4. The van der Waals surface area contributed by atoms with E-state index in [4.69, 9.17) is 9.84 Å². The normalized spacial score (nSPS) is 13.3. The summed E-state index contributed by atoms with van der Waals surface area (Å²) < 4.78 is 5.58. The third kappa shape index (κ3) is 4.89. The molecule has 4 rings (SSSR count). The molecule has 0 heterocycles. The lowest BCUT2D eigenvalue weighted by Crippen LogP contribution is -2.47. The van der Waals surface area contributed by atoms with Gasteiger partial charge in [-0.05, 0) is 60.7 Å². The van der Waals surface area contributed by atoms with E-state index in [9.17, 15) is 14.4 Å². The number of benzene rings is 3. The van der Waals surface area contributed by atoms with Crippen LogP contribution in [0.15, 0.2) is 72.8 Å². The predicted octanol–water partition coefficient (Wildman–Crippen LogP) is 4.91. The van der Waals surface area contributed by atoms with Crippen molar-refractivity contribution in [1.82, 2.24) is 5.32 Å². The number of carboxylic acid groups (broad SMARTS) is 1. The number of carboxylic acids is 1. The number of ether oxygens (including phenoxy) is 1. The Kier molecular flexibility index (Phi) is 6.60. The highest BCUT2D eigenvalue weighted by Crippen LogP contribution is 2.44. The lowest BCUT2D eigenvalue weighted by molar-refractivity contribution is -0.142. The number of fused-ring (bicyclic) bond motifs is 3. The second kappa shape index (κ2) is 9.62. The molecule has 0 bridgehead atoms. The van der Waals surface area contributed by atoms with Gasteiger partial charge >= 0.3 is 12.1 Å². The molecule has 3 aromatic rings. The number of rotatable bonds is 7. The zero-order valence-electron chi connectivity index (χ0n) is 19.9. The largest absolute Gasteiger partial charge is 0.480 e. The first-order valence-electron chi connectivity index (χ1n) is 11.4. The molecule has 0 aliphatic heterocycles. The molecule has 35 heavy (non-hydrogen) atoms. The second-order valence-corrected chi connectivity index (χ2v) is 9.19. The van der Waals surface area contributed by atoms with Crippen LogP contribution in [0, 0.1) is 0 Å². The quantitative estimate of drug-likeness (QED) is 0.453. The van der Waals surface area contributed by atoms with Gasteiger partial charge in [0.1, 0.15) is 12.6 Å². The maximum atomic E-state index is 12.6. The second-order valence-electron chi connectivity index (χ2n) is 9.19. The zero-order valence-corrected chi connectivity index (χ0v) is 19.9.